The first-order chi connectivity index (χ1) is 7.13. The van der Waals surface area contributed by atoms with Crippen molar-refractivity contribution in [1.82, 2.24) is 0 Å². The SMILES string of the molecule is Nc1cc([N+](=O)[O-])c(C2CC2)cc1C=O. The molecule has 0 heterocycles. The van der Waals surface area contributed by atoms with Crippen LogP contribution in [-0.2, 0) is 0 Å². The van der Waals surface area contributed by atoms with Gasteiger partial charge in [-0.1, -0.05) is 0 Å². The summed E-state index contributed by atoms with van der Waals surface area (Å²) in [4.78, 5) is 21.0. The largest absolute Gasteiger partial charge is 0.398 e. The van der Waals surface area contributed by atoms with E-state index in [4.69, 9.17) is 5.73 Å². The van der Waals surface area contributed by atoms with Gasteiger partial charge in [-0.05, 0) is 24.8 Å². The van der Waals surface area contributed by atoms with Crippen LogP contribution in [0.5, 0.6) is 0 Å². The van der Waals surface area contributed by atoms with Crippen LogP contribution < -0.4 is 5.73 Å². The molecule has 0 saturated heterocycles. The van der Waals surface area contributed by atoms with Gasteiger partial charge in [-0.15, -0.1) is 0 Å². The van der Waals surface area contributed by atoms with Gasteiger partial charge in [-0.25, -0.2) is 0 Å². The van der Waals surface area contributed by atoms with Crippen LogP contribution in [0.3, 0.4) is 0 Å². The monoisotopic (exact) mass is 206 g/mol. The number of nitro benzene ring substituents is 1. The molecule has 0 aliphatic heterocycles. The van der Waals surface area contributed by atoms with E-state index in [2.05, 4.69) is 0 Å². The minimum atomic E-state index is -0.446. The number of benzene rings is 1. The molecule has 2 rings (SSSR count). The molecule has 0 bridgehead atoms. The Balaban J connectivity index is 2.57. The maximum Gasteiger partial charge on any atom is 0.274 e. The molecule has 0 radical (unpaired) electrons. The third-order valence-electron chi connectivity index (χ3n) is 2.57. The number of hydrogen-bond acceptors (Lipinski definition) is 4. The number of nitro groups is 1. The normalized spacial score (nSPS) is 14.9. The molecule has 5 nitrogen and oxygen atoms in total. The number of nitrogen functional groups attached to an aromatic ring is 1. The number of carbonyl (C=O) groups is 1. The Morgan fingerprint density at radius 1 is 1.47 bits per heavy atom. The Morgan fingerprint density at radius 2 is 2.13 bits per heavy atom. The highest BCUT2D eigenvalue weighted by molar-refractivity contribution is 5.85. The van der Waals surface area contributed by atoms with Crippen LogP contribution >= 0.6 is 0 Å². The lowest BCUT2D eigenvalue weighted by molar-refractivity contribution is -0.385. The van der Waals surface area contributed by atoms with E-state index in [0.717, 1.165) is 12.8 Å². The van der Waals surface area contributed by atoms with Gasteiger partial charge in [0, 0.05) is 22.9 Å². The Morgan fingerprint density at radius 3 is 2.60 bits per heavy atom. The van der Waals surface area contributed by atoms with E-state index in [1.54, 1.807) is 0 Å². The first kappa shape index (κ1) is 9.64. The quantitative estimate of drug-likeness (QED) is 0.354. The fourth-order valence-electron chi connectivity index (χ4n) is 1.62. The first-order valence-corrected chi connectivity index (χ1v) is 4.66. The van der Waals surface area contributed by atoms with E-state index < -0.39 is 4.92 Å². The zero-order chi connectivity index (χ0) is 11.0. The average Bonchev–Trinajstić information content (AvgIpc) is 3.00. The molecule has 1 aliphatic rings. The summed E-state index contributed by atoms with van der Waals surface area (Å²) in [5, 5.41) is 10.8. The number of carbonyl (C=O) groups excluding carboxylic acids is 1. The van der Waals surface area contributed by atoms with Gasteiger partial charge >= 0.3 is 0 Å². The van der Waals surface area contributed by atoms with E-state index >= 15 is 0 Å². The zero-order valence-corrected chi connectivity index (χ0v) is 7.97. The van der Waals surface area contributed by atoms with Crippen molar-refractivity contribution in [2.24, 2.45) is 0 Å². The van der Waals surface area contributed by atoms with Crippen LogP contribution in [0.25, 0.3) is 0 Å². The van der Waals surface area contributed by atoms with Gasteiger partial charge in [-0.2, -0.15) is 0 Å². The van der Waals surface area contributed by atoms with Crippen LogP contribution in [0.4, 0.5) is 11.4 Å². The third-order valence-corrected chi connectivity index (χ3v) is 2.57. The number of rotatable bonds is 3. The van der Waals surface area contributed by atoms with Crippen LogP contribution in [-0.4, -0.2) is 11.2 Å². The van der Waals surface area contributed by atoms with E-state index in [-0.39, 0.29) is 17.3 Å². The lowest BCUT2D eigenvalue weighted by atomic mass is 10.0. The summed E-state index contributed by atoms with van der Waals surface area (Å²) in [5.41, 5.74) is 6.69. The smallest absolute Gasteiger partial charge is 0.274 e. The fraction of sp³-hybridized carbons (Fsp3) is 0.300. The van der Waals surface area contributed by atoms with Crippen molar-refractivity contribution in [3.05, 3.63) is 33.4 Å². The van der Waals surface area contributed by atoms with Crippen molar-refractivity contribution in [2.75, 3.05) is 5.73 Å². The molecular formula is C10H10N2O3. The van der Waals surface area contributed by atoms with E-state index in [1.807, 2.05) is 0 Å². The number of aldehydes is 1. The Hall–Kier alpha value is -1.91. The van der Waals surface area contributed by atoms with Gasteiger partial charge < -0.3 is 5.73 Å². The van der Waals surface area contributed by atoms with E-state index in [0.29, 0.717) is 17.4 Å². The summed E-state index contributed by atoms with van der Waals surface area (Å²) in [6.45, 7) is 0. The maximum absolute atomic E-state index is 10.8. The standard InChI is InChI=1S/C10H10N2O3/c11-9-4-10(12(14)15)8(6-1-2-6)3-7(9)5-13/h3-6H,1-2,11H2. The highest BCUT2D eigenvalue weighted by Gasteiger charge is 2.31. The predicted molar refractivity (Wildman–Crippen MR) is 54.9 cm³/mol. The number of anilines is 1. The Bertz CT molecular complexity index is 439. The predicted octanol–water partition coefficient (Wildman–Crippen LogP) is 1.87. The summed E-state index contributed by atoms with van der Waals surface area (Å²) in [6.07, 6.45) is 2.52. The van der Waals surface area contributed by atoms with Crippen molar-refractivity contribution >= 4 is 17.7 Å². The minimum Gasteiger partial charge on any atom is -0.398 e. The molecule has 78 valence electrons. The fourth-order valence-corrected chi connectivity index (χ4v) is 1.62. The third kappa shape index (κ3) is 1.68. The zero-order valence-electron chi connectivity index (χ0n) is 7.97. The molecule has 1 aromatic rings. The van der Waals surface area contributed by atoms with Gasteiger partial charge in [0.25, 0.3) is 5.69 Å². The van der Waals surface area contributed by atoms with E-state index in [9.17, 15) is 14.9 Å². The van der Waals surface area contributed by atoms with Crippen LogP contribution in [0.1, 0.15) is 34.7 Å². The van der Waals surface area contributed by atoms with Gasteiger partial charge in [0.05, 0.1) is 4.92 Å². The molecule has 1 saturated carbocycles. The highest BCUT2D eigenvalue weighted by atomic mass is 16.6. The second kappa shape index (κ2) is 3.34. The molecule has 1 aromatic carbocycles. The van der Waals surface area contributed by atoms with Crippen molar-refractivity contribution < 1.29 is 9.72 Å². The van der Waals surface area contributed by atoms with Gasteiger partial charge in [0.15, 0.2) is 6.29 Å². The van der Waals surface area contributed by atoms with Crippen LogP contribution in [0, 0.1) is 10.1 Å². The van der Waals surface area contributed by atoms with Crippen LogP contribution in [0.2, 0.25) is 0 Å². The van der Waals surface area contributed by atoms with E-state index in [1.165, 1.54) is 12.1 Å². The average molecular weight is 206 g/mol. The lowest BCUT2D eigenvalue weighted by Crippen LogP contribution is -2.00. The molecule has 0 spiro atoms. The molecule has 0 unspecified atom stereocenters. The first-order valence-electron chi connectivity index (χ1n) is 4.66. The minimum absolute atomic E-state index is 0.0283. The number of nitrogens with zero attached hydrogens (tertiary/aromatic N) is 1. The molecule has 15 heavy (non-hydrogen) atoms. The number of nitrogens with two attached hydrogens (primary N) is 1. The molecule has 1 fully saturated rings. The Labute approximate surface area is 86.0 Å². The van der Waals surface area contributed by atoms with Crippen molar-refractivity contribution in [3.63, 3.8) is 0 Å². The van der Waals surface area contributed by atoms with Crippen LogP contribution in [0.15, 0.2) is 12.1 Å². The van der Waals surface area contributed by atoms with Gasteiger partial charge in [0.1, 0.15) is 0 Å². The molecule has 0 amide bonds. The maximum atomic E-state index is 10.8. The summed E-state index contributed by atoms with van der Waals surface area (Å²) in [5.74, 6) is 0.227. The second-order valence-corrected chi connectivity index (χ2v) is 3.69. The van der Waals surface area contributed by atoms with Gasteiger partial charge in [0.2, 0.25) is 0 Å². The topological polar surface area (TPSA) is 86.2 Å². The molecule has 1 aliphatic carbocycles. The Kier molecular flexibility index (Phi) is 2.15. The summed E-state index contributed by atoms with van der Waals surface area (Å²) < 4.78 is 0. The van der Waals surface area contributed by atoms with Gasteiger partial charge in [-0.3, -0.25) is 14.9 Å². The molecular weight excluding hydrogens is 196 g/mol. The summed E-state index contributed by atoms with van der Waals surface area (Å²) >= 11 is 0. The molecule has 0 aromatic heterocycles. The molecule has 2 N–H and O–H groups in total. The molecule has 5 heteroatoms. The van der Waals surface area contributed by atoms with Crippen molar-refractivity contribution in [2.45, 2.75) is 18.8 Å². The van der Waals surface area contributed by atoms with Crippen molar-refractivity contribution in [1.29, 1.82) is 0 Å². The number of hydrogen-bond donors (Lipinski definition) is 1. The highest BCUT2D eigenvalue weighted by Crippen LogP contribution is 2.45. The lowest BCUT2D eigenvalue weighted by Gasteiger charge is -2.04. The van der Waals surface area contributed by atoms with Crippen molar-refractivity contribution in [3.8, 4) is 0 Å². The summed E-state index contributed by atoms with van der Waals surface area (Å²) in [6, 6.07) is 2.81. The molecule has 0 atom stereocenters. The summed E-state index contributed by atoms with van der Waals surface area (Å²) in [7, 11) is 0. The second-order valence-electron chi connectivity index (χ2n) is 3.69.